The van der Waals surface area contributed by atoms with E-state index in [1.807, 2.05) is 24.3 Å². The number of guanidine groups is 1. The molecule has 0 saturated carbocycles. The Bertz CT molecular complexity index is 474. The van der Waals surface area contributed by atoms with Crippen LogP contribution in [0, 0.1) is 17.2 Å². The van der Waals surface area contributed by atoms with Crippen LogP contribution >= 0.6 is 24.0 Å². The van der Waals surface area contributed by atoms with Crippen molar-refractivity contribution >= 4 is 29.9 Å². The molecule has 0 amide bonds. The summed E-state index contributed by atoms with van der Waals surface area (Å²) in [6.07, 6.45) is 3.69. The molecule has 0 atom stereocenters. The number of nitrogens with one attached hydrogen (secondary N) is 2. The Kier molecular flexibility index (Phi) is 11.6. The van der Waals surface area contributed by atoms with Crippen molar-refractivity contribution in [2.45, 2.75) is 39.7 Å². The van der Waals surface area contributed by atoms with Crippen LogP contribution in [-0.2, 0) is 6.54 Å². The fourth-order valence-corrected chi connectivity index (χ4v) is 1.99. The van der Waals surface area contributed by atoms with E-state index in [4.69, 9.17) is 5.26 Å². The van der Waals surface area contributed by atoms with Gasteiger partial charge in [0.2, 0.25) is 0 Å². The molecule has 0 fully saturated rings. The predicted octanol–water partition coefficient (Wildman–Crippen LogP) is 3.67. The van der Waals surface area contributed by atoms with E-state index in [1.165, 1.54) is 12.8 Å². The summed E-state index contributed by atoms with van der Waals surface area (Å²) in [7, 11) is 1.78. The van der Waals surface area contributed by atoms with Gasteiger partial charge in [0.15, 0.2) is 5.96 Å². The number of benzene rings is 1. The highest BCUT2D eigenvalue weighted by atomic mass is 127. The van der Waals surface area contributed by atoms with Crippen molar-refractivity contribution in [3.05, 3.63) is 35.4 Å². The molecule has 0 bridgehead atoms. The Morgan fingerprint density at radius 2 is 1.86 bits per heavy atom. The lowest BCUT2D eigenvalue weighted by atomic mass is 10.1. The predicted molar refractivity (Wildman–Crippen MR) is 103 cm³/mol. The molecule has 0 aliphatic rings. The van der Waals surface area contributed by atoms with Crippen LogP contribution in [0.2, 0.25) is 0 Å². The van der Waals surface area contributed by atoms with Gasteiger partial charge >= 0.3 is 0 Å². The minimum absolute atomic E-state index is 0. The Labute approximate surface area is 151 Å². The minimum atomic E-state index is 0. The number of hydrogen-bond donors (Lipinski definition) is 2. The molecule has 0 saturated heterocycles. The molecular formula is C17H27IN4. The Morgan fingerprint density at radius 3 is 2.41 bits per heavy atom. The van der Waals surface area contributed by atoms with Crippen LogP contribution in [0.3, 0.4) is 0 Å². The highest BCUT2D eigenvalue weighted by molar-refractivity contribution is 14.0. The molecule has 0 aromatic heterocycles. The first-order valence-electron chi connectivity index (χ1n) is 7.59. The van der Waals surface area contributed by atoms with Crippen LogP contribution in [0.4, 0.5) is 0 Å². The summed E-state index contributed by atoms with van der Waals surface area (Å²) in [5.41, 5.74) is 1.82. The topological polar surface area (TPSA) is 60.2 Å². The SMILES string of the molecule is CN=C(NCCCCC(C)C)NCc1ccc(C#N)cc1.I. The highest BCUT2D eigenvalue weighted by Gasteiger charge is 1.99. The monoisotopic (exact) mass is 414 g/mol. The van der Waals surface area contributed by atoms with E-state index in [1.54, 1.807) is 7.05 Å². The number of nitrogens with zero attached hydrogens (tertiary/aromatic N) is 2. The van der Waals surface area contributed by atoms with Crippen LogP contribution in [-0.4, -0.2) is 19.6 Å². The molecule has 0 spiro atoms. The van der Waals surface area contributed by atoms with Crippen LogP contribution in [0.1, 0.15) is 44.2 Å². The van der Waals surface area contributed by atoms with Gasteiger partial charge in [0, 0.05) is 20.1 Å². The smallest absolute Gasteiger partial charge is 0.191 e. The zero-order valence-corrected chi connectivity index (χ0v) is 16.1. The van der Waals surface area contributed by atoms with Crippen molar-refractivity contribution in [2.75, 3.05) is 13.6 Å². The van der Waals surface area contributed by atoms with Gasteiger partial charge in [0.25, 0.3) is 0 Å². The largest absolute Gasteiger partial charge is 0.356 e. The van der Waals surface area contributed by atoms with E-state index < -0.39 is 0 Å². The minimum Gasteiger partial charge on any atom is -0.356 e. The molecule has 122 valence electrons. The molecule has 0 aliphatic carbocycles. The summed E-state index contributed by atoms with van der Waals surface area (Å²) in [6, 6.07) is 9.71. The second-order valence-corrected chi connectivity index (χ2v) is 5.55. The van der Waals surface area contributed by atoms with Crippen molar-refractivity contribution < 1.29 is 0 Å². The van der Waals surface area contributed by atoms with Gasteiger partial charge in [0.1, 0.15) is 0 Å². The van der Waals surface area contributed by atoms with Gasteiger partial charge in [0.05, 0.1) is 11.6 Å². The molecule has 5 heteroatoms. The maximum Gasteiger partial charge on any atom is 0.191 e. The van der Waals surface area contributed by atoms with Gasteiger partial charge in [-0.3, -0.25) is 4.99 Å². The van der Waals surface area contributed by atoms with Gasteiger partial charge in [-0.1, -0.05) is 38.8 Å². The molecule has 4 nitrogen and oxygen atoms in total. The molecule has 1 rings (SSSR count). The number of rotatable bonds is 7. The molecule has 1 aromatic carbocycles. The van der Waals surface area contributed by atoms with E-state index >= 15 is 0 Å². The van der Waals surface area contributed by atoms with Crippen molar-refractivity contribution in [3.63, 3.8) is 0 Å². The van der Waals surface area contributed by atoms with Crippen LogP contribution in [0.5, 0.6) is 0 Å². The summed E-state index contributed by atoms with van der Waals surface area (Å²) >= 11 is 0. The van der Waals surface area contributed by atoms with Crippen LogP contribution < -0.4 is 10.6 Å². The van der Waals surface area contributed by atoms with E-state index in [-0.39, 0.29) is 24.0 Å². The molecule has 0 unspecified atom stereocenters. The average Bonchev–Trinajstić information content (AvgIpc) is 2.50. The van der Waals surface area contributed by atoms with Crippen molar-refractivity contribution in [2.24, 2.45) is 10.9 Å². The second-order valence-electron chi connectivity index (χ2n) is 5.55. The lowest BCUT2D eigenvalue weighted by Gasteiger charge is -2.12. The van der Waals surface area contributed by atoms with E-state index in [2.05, 4.69) is 35.5 Å². The van der Waals surface area contributed by atoms with E-state index in [0.29, 0.717) is 12.1 Å². The lowest BCUT2D eigenvalue weighted by Crippen LogP contribution is -2.37. The van der Waals surface area contributed by atoms with Gasteiger partial charge in [-0.15, -0.1) is 24.0 Å². The van der Waals surface area contributed by atoms with Crippen LogP contribution in [0.25, 0.3) is 0 Å². The van der Waals surface area contributed by atoms with Gasteiger partial charge in [-0.2, -0.15) is 5.26 Å². The van der Waals surface area contributed by atoms with Crippen molar-refractivity contribution in [1.82, 2.24) is 10.6 Å². The number of unbranched alkanes of at least 4 members (excludes halogenated alkanes) is 1. The third-order valence-electron chi connectivity index (χ3n) is 3.27. The van der Waals surface area contributed by atoms with Crippen LogP contribution in [0.15, 0.2) is 29.3 Å². The maximum atomic E-state index is 8.76. The summed E-state index contributed by atoms with van der Waals surface area (Å²) in [4.78, 5) is 4.21. The first-order valence-corrected chi connectivity index (χ1v) is 7.59. The van der Waals surface area contributed by atoms with Crippen molar-refractivity contribution in [3.8, 4) is 6.07 Å². The molecule has 0 heterocycles. The lowest BCUT2D eigenvalue weighted by molar-refractivity contribution is 0.534. The third-order valence-corrected chi connectivity index (χ3v) is 3.27. The quantitative estimate of drug-likeness (QED) is 0.310. The molecule has 1 aromatic rings. The summed E-state index contributed by atoms with van der Waals surface area (Å²) in [6.45, 7) is 6.16. The van der Waals surface area contributed by atoms with E-state index in [0.717, 1.165) is 30.4 Å². The maximum absolute atomic E-state index is 8.76. The Balaban J connectivity index is 0.00000441. The molecular weight excluding hydrogens is 387 g/mol. The zero-order chi connectivity index (χ0) is 15.5. The number of halogens is 1. The Hall–Kier alpha value is -1.29. The van der Waals surface area contributed by atoms with Gasteiger partial charge in [-0.05, 0) is 30.0 Å². The number of nitriles is 1. The molecule has 0 aliphatic heterocycles. The fraction of sp³-hybridized carbons (Fsp3) is 0.529. The van der Waals surface area contributed by atoms with E-state index in [9.17, 15) is 0 Å². The van der Waals surface area contributed by atoms with Crippen molar-refractivity contribution in [1.29, 1.82) is 5.26 Å². The Morgan fingerprint density at radius 1 is 1.18 bits per heavy atom. The third kappa shape index (κ3) is 8.88. The molecule has 2 N–H and O–H groups in total. The summed E-state index contributed by atoms with van der Waals surface area (Å²) in [5, 5.41) is 15.4. The summed E-state index contributed by atoms with van der Waals surface area (Å²) in [5.74, 6) is 1.60. The van der Waals surface area contributed by atoms with Gasteiger partial charge in [-0.25, -0.2) is 0 Å². The molecule has 22 heavy (non-hydrogen) atoms. The summed E-state index contributed by atoms with van der Waals surface area (Å²) < 4.78 is 0. The first kappa shape index (κ1) is 20.7. The zero-order valence-electron chi connectivity index (χ0n) is 13.7. The second kappa shape index (κ2) is 12.3. The van der Waals surface area contributed by atoms with Gasteiger partial charge < -0.3 is 10.6 Å². The standard InChI is InChI=1S/C17H26N4.HI/c1-14(2)6-4-5-11-20-17(19-3)21-13-16-9-7-15(12-18)8-10-16;/h7-10,14H,4-6,11,13H2,1-3H3,(H2,19,20,21);1H. The molecule has 0 radical (unpaired) electrons. The highest BCUT2D eigenvalue weighted by Crippen LogP contribution is 2.05. The number of hydrogen-bond acceptors (Lipinski definition) is 2. The first-order chi connectivity index (χ1) is 10.2. The number of aliphatic imine (C=N–C) groups is 1. The average molecular weight is 414 g/mol. The normalized spacial score (nSPS) is 10.8. The fourth-order valence-electron chi connectivity index (χ4n) is 1.99.